The normalized spacial score (nSPS) is 17.3. The molecule has 0 bridgehead atoms. The van der Waals surface area contributed by atoms with E-state index in [0.717, 1.165) is 40.9 Å². The van der Waals surface area contributed by atoms with E-state index in [-0.39, 0.29) is 17.9 Å². The molecule has 7 nitrogen and oxygen atoms in total. The Balaban J connectivity index is 1.29. The van der Waals surface area contributed by atoms with Crippen molar-refractivity contribution in [3.63, 3.8) is 0 Å². The first-order valence-electron chi connectivity index (χ1n) is 10.0. The first kappa shape index (κ1) is 17.0. The highest BCUT2D eigenvalue weighted by molar-refractivity contribution is 5.92. The fraction of sp³-hybridized carbons (Fsp3) is 0.174. The van der Waals surface area contributed by atoms with Crippen LogP contribution >= 0.6 is 0 Å². The van der Waals surface area contributed by atoms with Crippen molar-refractivity contribution in [3.05, 3.63) is 66.5 Å². The maximum absolute atomic E-state index is 12.0. The van der Waals surface area contributed by atoms with Crippen LogP contribution in [0.4, 0.5) is 5.95 Å². The summed E-state index contributed by atoms with van der Waals surface area (Å²) in [5, 5.41) is 7.33. The number of carbonyl (C=O) groups is 1. The number of aliphatic imine (C=N–C) groups is 1. The third kappa shape index (κ3) is 3.14. The lowest BCUT2D eigenvalue weighted by Gasteiger charge is -2.07. The molecule has 30 heavy (non-hydrogen) atoms. The van der Waals surface area contributed by atoms with Crippen LogP contribution in [0.2, 0.25) is 0 Å². The summed E-state index contributed by atoms with van der Waals surface area (Å²) in [6.45, 7) is 0. The highest BCUT2D eigenvalue weighted by Crippen LogP contribution is 2.30. The second-order valence-corrected chi connectivity index (χ2v) is 7.67. The highest BCUT2D eigenvalue weighted by atomic mass is 16.2. The van der Waals surface area contributed by atoms with Crippen LogP contribution in [0.15, 0.2) is 65.8 Å². The summed E-state index contributed by atoms with van der Waals surface area (Å²) in [5.74, 6) is 0.468. The van der Waals surface area contributed by atoms with Gasteiger partial charge in [0.05, 0.1) is 11.4 Å². The number of benzene rings is 1. The van der Waals surface area contributed by atoms with Crippen LogP contribution in [0.1, 0.15) is 24.6 Å². The van der Waals surface area contributed by atoms with Crippen LogP contribution in [-0.4, -0.2) is 31.7 Å². The van der Waals surface area contributed by atoms with E-state index in [1.165, 1.54) is 0 Å². The van der Waals surface area contributed by atoms with Crippen molar-refractivity contribution < 1.29 is 4.79 Å². The first-order chi connectivity index (χ1) is 14.7. The van der Waals surface area contributed by atoms with Gasteiger partial charge in [0, 0.05) is 29.5 Å². The number of carbonyl (C=O) groups excluding carboxylic acids is 1. The molecule has 1 N–H and O–H groups in total. The lowest BCUT2D eigenvalue weighted by Crippen LogP contribution is -2.14. The minimum absolute atomic E-state index is 0.00434. The molecule has 1 aliphatic heterocycles. The number of nitrogens with one attached hydrogen (secondary N) is 1. The van der Waals surface area contributed by atoms with Gasteiger partial charge in [-0.1, -0.05) is 36.4 Å². The Morgan fingerprint density at radius 3 is 2.43 bits per heavy atom. The zero-order chi connectivity index (χ0) is 20.1. The molecule has 4 heterocycles. The van der Waals surface area contributed by atoms with Crippen molar-refractivity contribution in [2.75, 3.05) is 5.32 Å². The average molecular weight is 394 g/mol. The number of hydrogen-bond acceptors (Lipinski definition) is 5. The number of fused-ring (bicyclic) bond motifs is 1. The maximum atomic E-state index is 12.0. The van der Waals surface area contributed by atoms with E-state index in [9.17, 15) is 4.79 Å². The summed E-state index contributed by atoms with van der Waals surface area (Å²) in [5.41, 5.74) is 5.78. The molecule has 1 unspecified atom stereocenters. The van der Waals surface area contributed by atoms with Crippen LogP contribution in [-0.2, 0) is 4.79 Å². The predicted octanol–water partition coefficient (Wildman–Crippen LogP) is 3.93. The van der Waals surface area contributed by atoms with Crippen molar-refractivity contribution >= 4 is 23.7 Å². The van der Waals surface area contributed by atoms with E-state index in [1.807, 2.05) is 36.7 Å². The Bertz CT molecular complexity index is 1280. The van der Waals surface area contributed by atoms with E-state index < -0.39 is 0 Å². The Morgan fingerprint density at radius 2 is 1.73 bits per heavy atom. The third-order valence-electron chi connectivity index (χ3n) is 5.44. The first-order valence-corrected chi connectivity index (χ1v) is 10.0. The van der Waals surface area contributed by atoms with E-state index in [4.69, 9.17) is 0 Å². The molecule has 1 fully saturated rings. The number of amides is 1. The monoisotopic (exact) mass is 394 g/mol. The van der Waals surface area contributed by atoms with Crippen LogP contribution in [0.5, 0.6) is 0 Å². The van der Waals surface area contributed by atoms with Gasteiger partial charge >= 0.3 is 0 Å². The van der Waals surface area contributed by atoms with Gasteiger partial charge in [0.2, 0.25) is 11.9 Å². The molecule has 0 radical (unpaired) electrons. The van der Waals surface area contributed by atoms with Crippen molar-refractivity contribution in [3.8, 4) is 22.4 Å². The van der Waals surface area contributed by atoms with Gasteiger partial charge in [-0.2, -0.15) is 4.98 Å². The minimum Gasteiger partial charge on any atom is -0.293 e. The molecule has 1 aliphatic carbocycles. The molecule has 7 heteroatoms. The number of pyridine rings is 2. The lowest BCUT2D eigenvalue weighted by molar-refractivity contribution is -0.117. The van der Waals surface area contributed by atoms with Gasteiger partial charge in [-0.3, -0.25) is 20.1 Å². The molecule has 1 atom stereocenters. The summed E-state index contributed by atoms with van der Waals surface area (Å²) in [7, 11) is 0. The van der Waals surface area contributed by atoms with Gasteiger partial charge in [0.25, 0.3) is 0 Å². The van der Waals surface area contributed by atoms with Gasteiger partial charge in [-0.25, -0.2) is 4.52 Å². The molecular weight excluding hydrogens is 376 g/mol. The standard InChI is InChI=1S/C23H18N6O/c30-22(16-8-9-16)27-23-26-21-3-1-2-20(29(21)28-23)15-6-4-14(5-7-15)17-10-11-18(24-12-17)19-13-25-19/h1-7,10-13,16,19H,8-9H2,(H,27,28,30). The molecule has 3 aromatic heterocycles. The molecule has 0 saturated heterocycles. The SMILES string of the molecule is O=C(Nc1nc2cccc(-c3ccc(-c4ccc(C5C=N5)nc4)cc3)n2n1)C1CC1. The van der Waals surface area contributed by atoms with Crippen LogP contribution < -0.4 is 5.32 Å². The molecule has 2 aliphatic rings. The van der Waals surface area contributed by atoms with E-state index in [0.29, 0.717) is 11.6 Å². The van der Waals surface area contributed by atoms with Crippen LogP contribution in [0.25, 0.3) is 28.0 Å². The predicted molar refractivity (Wildman–Crippen MR) is 114 cm³/mol. The Labute approximate surface area is 172 Å². The average Bonchev–Trinajstić information content (AvgIpc) is 3.70. The van der Waals surface area contributed by atoms with Gasteiger partial charge < -0.3 is 0 Å². The fourth-order valence-electron chi connectivity index (χ4n) is 3.51. The zero-order valence-corrected chi connectivity index (χ0v) is 16.1. The van der Waals surface area contributed by atoms with Crippen molar-refractivity contribution in [2.45, 2.75) is 18.9 Å². The van der Waals surface area contributed by atoms with Crippen molar-refractivity contribution in [2.24, 2.45) is 10.9 Å². The van der Waals surface area contributed by atoms with E-state index in [1.54, 1.807) is 4.52 Å². The van der Waals surface area contributed by atoms with Crippen molar-refractivity contribution in [1.29, 1.82) is 0 Å². The number of nitrogens with zero attached hydrogens (tertiary/aromatic N) is 5. The lowest BCUT2D eigenvalue weighted by atomic mass is 10.0. The molecule has 0 spiro atoms. The molecule has 146 valence electrons. The molecule has 4 aromatic rings. The van der Waals surface area contributed by atoms with Crippen molar-refractivity contribution in [1.82, 2.24) is 19.6 Å². The van der Waals surface area contributed by atoms with Gasteiger partial charge in [0.1, 0.15) is 6.04 Å². The topological polar surface area (TPSA) is 84.5 Å². The fourth-order valence-corrected chi connectivity index (χ4v) is 3.51. The maximum Gasteiger partial charge on any atom is 0.249 e. The zero-order valence-electron chi connectivity index (χ0n) is 16.1. The summed E-state index contributed by atoms with van der Waals surface area (Å²) < 4.78 is 1.77. The summed E-state index contributed by atoms with van der Waals surface area (Å²) in [6.07, 6.45) is 5.68. The van der Waals surface area contributed by atoms with E-state index >= 15 is 0 Å². The highest BCUT2D eigenvalue weighted by Gasteiger charge is 2.30. The Morgan fingerprint density at radius 1 is 0.967 bits per heavy atom. The van der Waals surface area contributed by atoms with Crippen LogP contribution in [0.3, 0.4) is 0 Å². The number of anilines is 1. The summed E-state index contributed by atoms with van der Waals surface area (Å²) >= 11 is 0. The van der Waals surface area contributed by atoms with E-state index in [2.05, 4.69) is 55.7 Å². The third-order valence-corrected chi connectivity index (χ3v) is 5.44. The molecular formula is C23H18N6O. The molecule has 1 aromatic carbocycles. The second-order valence-electron chi connectivity index (χ2n) is 7.67. The summed E-state index contributed by atoms with van der Waals surface area (Å²) in [6, 6.07) is 18.4. The number of rotatable bonds is 5. The molecule has 1 saturated carbocycles. The second kappa shape index (κ2) is 6.59. The van der Waals surface area contributed by atoms with Gasteiger partial charge in [0.15, 0.2) is 5.65 Å². The molecule has 6 rings (SSSR count). The molecule has 1 amide bonds. The smallest absolute Gasteiger partial charge is 0.249 e. The van der Waals surface area contributed by atoms with Gasteiger partial charge in [-0.15, -0.1) is 5.10 Å². The quantitative estimate of drug-likeness (QED) is 0.556. The summed E-state index contributed by atoms with van der Waals surface area (Å²) in [4.78, 5) is 25.1. The van der Waals surface area contributed by atoms with Gasteiger partial charge in [-0.05, 0) is 36.6 Å². The Hall–Kier alpha value is -3.87. The minimum atomic E-state index is 0.00434. The Kier molecular flexibility index (Phi) is 3.74. The number of aromatic nitrogens is 4. The van der Waals surface area contributed by atoms with Crippen LogP contribution in [0, 0.1) is 5.92 Å². The largest absolute Gasteiger partial charge is 0.293 e. The number of hydrogen-bond donors (Lipinski definition) is 1.